The van der Waals surface area contributed by atoms with Gasteiger partial charge in [-0.25, -0.2) is 14.5 Å². The third-order valence-corrected chi connectivity index (χ3v) is 7.19. The Balaban J connectivity index is 1.28. The molecular weight excluding hydrogens is 520 g/mol. The zero-order chi connectivity index (χ0) is 28.7. The van der Waals surface area contributed by atoms with Gasteiger partial charge in [-0.3, -0.25) is 14.4 Å². The van der Waals surface area contributed by atoms with E-state index in [-0.39, 0.29) is 18.4 Å². The minimum absolute atomic E-state index is 0.0660. The third-order valence-electron chi connectivity index (χ3n) is 7.19. The highest BCUT2D eigenvalue weighted by Gasteiger charge is 2.31. The van der Waals surface area contributed by atoms with Gasteiger partial charge in [0.05, 0.1) is 11.3 Å². The molecule has 1 aliphatic rings. The molecule has 1 aliphatic heterocycles. The first-order valence-corrected chi connectivity index (χ1v) is 13.2. The van der Waals surface area contributed by atoms with E-state index in [1.54, 1.807) is 32.4 Å². The van der Waals surface area contributed by atoms with Crippen molar-refractivity contribution in [3.63, 3.8) is 0 Å². The van der Waals surface area contributed by atoms with Gasteiger partial charge in [0, 0.05) is 53.4 Å². The number of hydrogen-bond acceptors (Lipinski definition) is 6. The SMILES string of the molecule is Cc1cccc(NC(=O)C2CC=CCN2C(=O)Cn2cc(C(N)=O)c3cc(-c4cnc5cc(C)nn5c4)ccc32)n1. The number of nitrogens with zero attached hydrogens (tertiary/aromatic N) is 6. The molecule has 3 amide bonds. The average Bonchev–Trinajstić information content (AvgIpc) is 3.51. The number of nitrogens with one attached hydrogen (secondary N) is 1. The van der Waals surface area contributed by atoms with Crippen LogP contribution in [0, 0.1) is 13.8 Å². The molecule has 0 saturated heterocycles. The molecule has 0 spiro atoms. The van der Waals surface area contributed by atoms with Crippen molar-refractivity contribution in [2.24, 2.45) is 5.73 Å². The van der Waals surface area contributed by atoms with Crippen LogP contribution < -0.4 is 11.1 Å². The molecule has 3 N–H and O–H groups in total. The Bertz CT molecular complexity index is 1870. The van der Waals surface area contributed by atoms with Gasteiger partial charge in [-0.2, -0.15) is 5.10 Å². The van der Waals surface area contributed by atoms with Crippen molar-refractivity contribution in [2.75, 3.05) is 11.9 Å². The average molecular weight is 549 g/mol. The molecule has 1 atom stereocenters. The summed E-state index contributed by atoms with van der Waals surface area (Å²) in [6.45, 7) is 3.98. The monoisotopic (exact) mass is 548 g/mol. The summed E-state index contributed by atoms with van der Waals surface area (Å²) in [5.74, 6) is -0.725. The van der Waals surface area contributed by atoms with E-state index >= 15 is 0 Å². The molecule has 6 rings (SSSR count). The number of aromatic nitrogens is 5. The summed E-state index contributed by atoms with van der Waals surface area (Å²) < 4.78 is 3.41. The highest BCUT2D eigenvalue weighted by molar-refractivity contribution is 6.07. The van der Waals surface area contributed by atoms with E-state index in [9.17, 15) is 14.4 Å². The second-order valence-corrected chi connectivity index (χ2v) is 10.1. The number of nitrogens with two attached hydrogens (primary N) is 1. The Kier molecular flexibility index (Phi) is 6.54. The van der Waals surface area contributed by atoms with E-state index in [0.29, 0.717) is 35.2 Å². The zero-order valence-corrected chi connectivity index (χ0v) is 22.6. The maximum atomic E-state index is 13.6. The number of anilines is 1. The molecule has 0 bridgehead atoms. The topological polar surface area (TPSA) is 141 Å². The molecule has 0 radical (unpaired) electrons. The molecule has 0 fully saturated rings. The molecule has 11 nitrogen and oxygen atoms in total. The van der Waals surface area contributed by atoms with Crippen LogP contribution in [-0.4, -0.2) is 59.4 Å². The first-order valence-electron chi connectivity index (χ1n) is 13.2. The van der Waals surface area contributed by atoms with Crippen LogP contribution in [0.3, 0.4) is 0 Å². The van der Waals surface area contributed by atoms with Crippen molar-refractivity contribution in [1.82, 2.24) is 29.0 Å². The Morgan fingerprint density at radius 2 is 1.88 bits per heavy atom. The van der Waals surface area contributed by atoms with Crippen molar-refractivity contribution in [3.8, 4) is 11.1 Å². The Morgan fingerprint density at radius 3 is 2.68 bits per heavy atom. The number of amides is 3. The summed E-state index contributed by atoms with van der Waals surface area (Å²) in [6, 6.07) is 12.2. The second kappa shape index (κ2) is 10.3. The number of pyridine rings is 1. The van der Waals surface area contributed by atoms with E-state index in [4.69, 9.17) is 5.73 Å². The van der Waals surface area contributed by atoms with E-state index in [0.717, 1.165) is 28.2 Å². The van der Waals surface area contributed by atoms with Gasteiger partial charge in [0.15, 0.2) is 5.65 Å². The van der Waals surface area contributed by atoms with Gasteiger partial charge in [0.25, 0.3) is 5.91 Å². The van der Waals surface area contributed by atoms with Crippen LogP contribution in [0.2, 0.25) is 0 Å². The maximum Gasteiger partial charge on any atom is 0.250 e. The van der Waals surface area contributed by atoms with Gasteiger partial charge >= 0.3 is 0 Å². The molecule has 0 saturated carbocycles. The van der Waals surface area contributed by atoms with Gasteiger partial charge in [0.1, 0.15) is 18.4 Å². The van der Waals surface area contributed by atoms with Gasteiger partial charge in [-0.1, -0.05) is 24.3 Å². The number of carbonyl (C=O) groups is 3. The number of carbonyl (C=O) groups excluding carboxylic acids is 3. The normalized spacial score (nSPS) is 15.0. The van der Waals surface area contributed by atoms with Crippen LogP contribution in [-0.2, 0) is 16.1 Å². The van der Waals surface area contributed by atoms with Crippen LogP contribution in [0.25, 0.3) is 27.7 Å². The summed E-state index contributed by atoms with van der Waals surface area (Å²) in [5.41, 5.74) is 10.7. The fourth-order valence-electron chi connectivity index (χ4n) is 5.20. The molecule has 11 heteroatoms. The minimum atomic E-state index is -0.688. The Labute approximate surface area is 235 Å². The lowest BCUT2D eigenvalue weighted by atomic mass is 10.0. The number of hydrogen-bond donors (Lipinski definition) is 2. The van der Waals surface area contributed by atoms with Crippen molar-refractivity contribution >= 4 is 40.1 Å². The predicted octanol–water partition coefficient (Wildman–Crippen LogP) is 3.26. The minimum Gasteiger partial charge on any atom is -0.366 e. The maximum absolute atomic E-state index is 13.6. The number of fused-ring (bicyclic) bond motifs is 2. The summed E-state index contributed by atoms with van der Waals surface area (Å²) in [4.78, 5) is 49.5. The summed E-state index contributed by atoms with van der Waals surface area (Å²) in [6.07, 6.45) is 9.38. The van der Waals surface area contributed by atoms with Crippen LogP contribution in [0.15, 0.2) is 73.2 Å². The zero-order valence-electron chi connectivity index (χ0n) is 22.6. The molecule has 1 aromatic carbocycles. The van der Waals surface area contributed by atoms with Crippen molar-refractivity contribution in [3.05, 3.63) is 90.2 Å². The fourth-order valence-corrected chi connectivity index (χ4v) is 5.20. The Morgan fingerprint density at radius 1 is 1.02 bits per heavy atom. The molecule has 5 aromatic rings. The van der Waals surface area contributed by atoms with E-state index in [1.807, 2.05) is 68.6 Å². The first kappa shape index (κ1) is 25.9. The first-order chi connectivity index (χ1) is 19.8. The standard InChI is InChI=1S/C30H28N8O3/c1-18-6-5-8-26(33-18)34-30(41)25-7-3-4-11-37(25)28(39)17-36-16-23(29(31)40)22-13-20(9-10-24(22)36)21-14-32-27-12-19(2)35-38(27)15-21/h3-6,8-10,12-16,25H,7,11,17H2,1-2H3,(H2,31,40)(H,33,34,41). The molecule has 206 valence electrons. The van der Waals surface area contributed by atoms with Gasteiger partial charge in [0.2, 0.25) is 11.8 Å². The molecular formula is C30H28N8O3. The number of benzene rings is 1. The smallest absolute Gasteiger partial charge is 0.250 e. The molecule has 4 aromatic heterocycles. The van der Waals surface area contributed by atoms with E-state index in [2.05, 4.69) is 20.4 Å². The quantitative estimate of drug-likeness (QED) is 0.312. The van der Waals surface area contributed by atoms with Crippen molar-refractivity contribution < 1.29 is 14.4 Å². The lowest BCUT2D eigenvalue weighted by Gasteiger charge is -2.32. The van der Waals surface area contributed by atoms with Gasteiger partial charge in [-0.15, -0.1) is 0 Å². The fraction of sp³-hybridized carbons (Fsp3) is 0.200. The van der Waals surface area contributed by atoms with Crippen LogP contribution in [0.1, 0.15) is 28.2 Å². The molecule has 5 heterocycles. The summed E-state index contributed by atoms with van der Waals surface area (Å²) in [7, 11) is 0. The number of rotatable bonds is 6. The van der Waals surface area contributed by atoms with Crippen LogP contribution in [0.4, 0.5) is 5.82 Å². The van der Waals surface area contributed by atoms with Gasteiger partial charge < -0.3 is 20.5 Å². The molecule has 0 aliphatic carbocycles. The molecule has 41 heavy (non-hydrogen) atoms. The number of primary amides is 1. The predicted molar refractivity (Wildman–Crippen MR) is 154 cm³/mol. The largest absolute Gasteiger partial charge is 0.366 e. The van der Waals surface area contributed by atoms with Gasteiger partial charge in [-0.05, 0) is 50.1 Å². The van der Waals surface area contributed by atoms with Crippen LogP contribution >= 0.6 is 0 Å². The van der Waals surface area contributed by atoms with Crippen molar-refractivity contribution in [2.45, 2.75) is 32.9 Å². The second-order valence-electron chi connectivity index (χ2n) is 10.1. The lowest BCUT2D eigenvalue weighted by molar-refractivity contribution is -0.138. The lowest BCUT2D eigenvalue weighted by Crippen LogP contribution is -2.49. The highest BCUT2D eigenvalue weighted by Crippen LogP contribution is 2.28. The Hall–Kier alpha value is -5.32. The van der Waals surface area contributed by atoms with Crippen LogP contribution in [0.5, 0.6) is 0 Å². The summed E-state index contributed by atoms with van der Waals surface area (Å²) in [5, 5.41) is 7.88. The van der Waals surface area contributed by atoms with Crippen molar-refractivity contribution in [1.29, 1.82) is 0 Å². The number of aryl methyl sites for hydroxylation is 2. The van der Waals surface area contributed by atoms with E-state index < -0.39 is 11.9 Å². The van der Waals surface area contributed by atoms with E-state index in [1.165, 1.54) is 0 Å². The third kappa shape index (κ3) is 5.05. The highest BCUT2D eigenvalue weighted by atomic mass is 16.2. The molecule has 1 unspecified atom stereocenters. The summed E-state index contributed by atoms with van der Waals surface area (Å²) >= 11 is 0.